The van der Waals surface area contributed by atoms with Gasteiger partial charge in [-0.05, 0) is 24.0 Å². The van der Waals surface area contributed by atoms with Crippen molar-refractivity contribution < 1.29 is 35.9 Å². The average Bonchev–Trinajstić information content (AvgIpc) is 3.98. The van der Waals surface area contributed by atoms with Crippen LogP contribution in [0.5, 0.6) is 0 Å². The molecule has 0 aliphatic carbocycles. The highest BCUT2D eigenvalue weighted by Crippen LogP contribution is 2.36. The number of nitrogens with one attached hydrogen (secondary N) is 4. The number of amides is 4. The molecule has 0 unspecified atom stereocenters. The van der Waals surface area contributed by atoms with Gasteiger partial charge in [0.05, 0.1) is 23.4 Å². The first-order valence-corrected chi connectivity index (χ1v) is 17.3. The van der Waals surface area contributed by atoms with Crippen LogP contribution in [-0.4, -0.2) is 123 Å². The molecular weight excluding hydrogens is 726 g/mol. The Balaban J connectivity index is 0.000000167. The zero-order valence-electron chi connectivity index (χ0n) is 29.0. The van der Waals surface area contributed by atoms with Gasteiger partial charge in [-0.2, -0.15) is 26.3 Å². The summed E-state index contributed by atoms with van der Waals surface area (Å²) < 4.78 is 78.0. The smallest absolute Gasteiger partial charge is 0.345 e. The summed E-state index contributed by atoms with van der Waals surface area (Å²) >= 11 is 0. The topological polar surface area (TPSA) is 182 Å². The van der Waals surface area contributed by atoms with Gasteiger partial charge < -0.3 is 30.4 Å². The Bertz CT molecular complexity index is 2120. The fourth-order valence-electron chi connectivity index (χ4n) is 7.34. The van der Waals surface area contributed by atoms with Crippen LogP contribution in [0.1, 0.15) is 50.2 Å². The Kier molecular flexibility index (Phi) is 9.68. The number of likely N-dealkylation sites (tertiary alicyclic amines) is 2. The lowest BCUT2D eigenvalue weighted by molar-refractivity contribution is -0.123. The molecule has 0 saturated carbocycles. The monoisotopic (exact) mass is 762 g/mol. The molecule has 6 aromatic rings. The van der Waals surface area contributed by atoms with Crippen molar-refractivity contribution in [3.8, 4) is 0 Å². The molecule has 2 aliphatic heterocycles. The number of H-pyrrole nitrogens is 2. The molecular formula is C32H36F6N14O2. The summed E-state index contributed by atoms with van der Waals surface area (Å²) in [5.41, 5.74) is 4.20. The number of halogens is 6. The molecule has 4 atom stereocenters. The largest absolute Gasteiger partial charge is 0.405 e. The zero-order valence-corrected chi connectivity index (χ0v) is 29.0. The van der Waals surface area contributed by atoms with Crippen molar-refractivity contribution in [1.82, 2.24) is 69.6 Å². The van der Waals surface area contributed by atoms with Crippen LogP contribution in [0.25, 0.3) is 33.6 Å². The minimum absolute atomic E-state index is 0.0798. The minimum atomic E-state index is -4.44. The van der Waals surface area contributed by atoms with Gasteiger partial charge in [0, 0.05) is 50.4 Å². The number of carbonyl (C=O) groups is 2. The van der Waals surface area contributed by atoms with Crippen molar-refractivity contribution in [3.63, 3.8) is 0 Å². The summed E-state index contributed by atoms with van der Waals surface area (Å²) in [4.78, 5) is 41.8. The third-order valence-corrected chi connectivity index (χ3v) is 9.98. The van der Waals surface area contributed by atoms with Gasteiger partial charge in [0.2, 0.25) is 0 Å². The van der Waals surface area contributed by atoms with Gasteiger partial charge in [-0.25, -0.2) is 19.6 Å². The molecule has 54 heavy (non-hydrogen) atoms. The third-order valence-electron chi connectivity index (χ3n) is 9.98. The van der Waals surface area contributed by atoms with Crippen LogP contribution < -0.4 is 10.6 Å². The molecule has 22 heteroatoms. The van der Waals surface area contributed by atoms with Crippen molar-refractivity contribution >= 4 is 45.7 Å². The standard InChI is InChI=1S/2C16H18F3N7O/c2*1-2-9-6-25(15(27)22-8-16(17,18)19)7-10(9)14-24-23-12-5-21-13-11(26(12)14)3-4-20-13/h2*3-5,9-10,20H,2,6-8H2,1H3,(H,22,27)/t2*9-,10+/m10/s1. The second-order valence-corrected chi connectivity index (χ2v) is 13.4. The summed E-state index contributed by atoms with van der Waals surface area (Å²) in [7, 11) is 0. The van der Waals surface area contributed by atoms with E-state index in [0.717, 1.165) is 23.9 Å². The van der Waals surface area contributed by atoms with E-state index in [0.29, 0.717) is 47.3 Å². The Morgan fingerprint density at radius 3 is 1.46 bits per heavy atom. The van der Waals surface area contributed by atoms with E-state index in [-0.39, 0.29) is 36.8 Å². The molecule has 8 heterocycles. The summed E-state index contributed by atoms with van der Waals surface area (Å²) in [5, 5.41) is 20.8. The summed E-state index contributed by atoms with van der Waals surface area (Å²) in [6, 6.07) is 2.31. The van der Waals surface area contributed by atoms with Crippen LogP contribution in [0.4, 0.5) is 35.9 Å². The van der Waals surface area contributed by atoms with Crippen molar-refractivity contribution in [2.24, 2.45) is 11.8 Å². The number of alkyl halides is 6. The number of aromatic nitrogens is 10. The molecule has 0 radical (unpaired) electrons. The molecule has 2 aliphatic rings. The molecule has 2 fully saturated rings. The van der Waals surface area contributed by atoms with Crippen LogP contribution in [0.2, 0.25) is 0 Å². The van der Waals surface area contributed by atoms with E-state index in [1.54, 1.807) is 24.8 Å². The highest BCUT2D eigenvalue weighted by Gasteiger charge is 2.40. The second kappa shape index (κ2) is 14.3. The van der Waals surface area contributed by atoms with E-state index < -0.39 is 37.5 Å². The molecule has 16 nitrogen and oxygen atoms in total. The molecule has 6 aromatic heterocycles. The molecule has 2 saturated heterocycles. The van der Waals surface area contributed by atoms with E-state index in [1.807, 2.05) is 45.4 Å². The van der Waals surface area contributed by atoms with Gasteiger partial charge in [0.15, 0.2) is 22.6 Å². The fourth-order valence-corrected chi connectivity index (χ4v) is 7.34. The van der Waals surface area contributed by atoms with Crippen LogP contribution in [0.15, 0.2) is 36.9 Å². The molecule has 8 rings (SSSR count). The van der Waals surface area contributed by atoms with Crippen LogP contribution in [0.3, 0.4) is 0 Å². The van der Waals surface area contributed by atoms with Crippen LogP contribution in [-0.2, 0) is 0 Å². The van der Waals surface area contributed by atoms with Gasteiger partial charge in [0.1, 0.15) is 24.7 Å². The normalized spacial score (nSPS) is 20.7. The first kappa shape index (κ1) is 36.6. The van der Waals surface area contributed by atoms with E-state index >= 15 is 0 Å². The van der Waals surface area contributed by atoms with Gasteiger partial charge in [-0.15, -0.1) is 20.4 Å². The quantitative estimate of drug-likeness (QED) is 0.178. The summed E-state index contributed by atoms with van der Waals surface area (Å²) in [6.45, 7) is 2.63. The van der Waals surface area contributed by atoms with Crippen LogP contribution in [0, 0.1) is 11.8 Å². The first-order chi connectivity index (χ1) is 25.7. The van der Waals surface area contributed by atoms with E-state index in [9.17, 15) is 35.9 Å². The highest BCUT2D eigenvalue weighted by atomic mass is 19.4. The van der Waals surface area contributed by atoms with Crippen molar-refractivity contribution in [3.05, 3.63) is 48.6 Å². The number of urea groups is 2. The van der Waals surface area contributed by atoms with E-state index in [4.69, 9.17) is 0 Å². The third kappa shape index (κ3) is 7.27. The summed E-state index contributed by atoms with van der Waals surface area (Å²) in [6.07, 6.45) is -0.580. The van der Waals surface area contributed by atoms with Gasteiger partial charge in [-0.1, -0.05) is 26.7 Å². The molecule has 288 valence electrons. The highest BCUT2D eigenvalue weighted by molar-refractivity contribution is 5.77. The maximum absolute atomic E-state index is 12.4. The molecule has 4 amide bonds. The average molecular weight is 763 g/mol. The molecule has 4 N–H and O–H groups in total. The molecule has 0 aromatic carbocycles. The molecule has 0 bridgehead atoms. The Hall–Kier alpha value is -5.70. The number of hydrogen-bond acceptors (Lipinski definition) is 8. The number of aromatic amines is 2. The SMILES string of the molecule is CC[C@@H]1CN(C(=O)NCC(F)(F)F)C[C@@H]1c1nnc2cnc3[nH]ccc3n12.CC[C@H]1CN(C(=O)NCC(F)(F)F)C[C@H]1c1nnc2cnc3[nH]ccc3n12. The second-order valence-electron chi connectivity index (χ2n) is 13.4. The molecule has 0 spiro atoms. The van der Waals surface area contributed by atoms with Gasteiger partial charge in [0.25, 0.3) is 0 Å². The van der Waals surface area contributed by atoms with Crippen molar-refractivity contribution in [2.45, 2.75) is 50.9 Å². The number of fused-ring (bicyclic) bond motifs is 6. The Labute approximate surface area is 301 Å². The number of nitrogens with zero attached hydrogens (tertiary/aromatic N) is 10. The first-order valence-electron chi connectivity index (χ1n) is 17.3. The maximum atomic E-state index is 12.4. The summed E-state index contributed by atoms with van der Waals surface area (Å²) in [5.74, 6) is 1.29. The van der Waals surface area contributed by atoms with E-state index in [1.165, 1.54) is 9.80 Å². The lowest BCUT2D eigenvalue weighted by atomic mass is 9.93. The van der Waals surface area contributed by atoms with E-state index in [2.05, 4.69) is 40.3 Å². The minimum Gasteiger partial charge on any atom is -0.345 e. The Morgan fingerprint density at radius 1 is 0.685 bits per heavy atom. The predicted molar refractivity (Wildman–Crippen MR) is 180 cm³/mol. The number of carbonyl (C=O) groups excluding carboxylic acids is 2. The van der Waals surface area contributed by atoms with Crippen molar-refractivity contribution in [1.29, 1.82) is 0 Å². The predicted octanol–water partition coefficient (Wildman–Crippen LogP) is 4.61. The lowest BCUT2D eigenvalue weighted by Crippen LogP contribution is -2.42. The maximum Gasteiger partial charge on any atom is 0.405 e. The van der Waals surface area contributed by atoms with Crippen molar-refractivity contribution in [2.75, 3.05) is 39.3 Å². The lowest BCUT2D eigenvalue weighted by Gasteiger charge is -2.18. The number of hydrogen-bond donors (Lipinski definition) is 4. The van der Waals surface area contributed by atoms with Gasteiger partial charge >= 0.3 is 24.4 Å². The van der Waals surface area contributed by atoms with Crippen LogP contribution >= 0.6 is 0 Å². The fraction of sp³-hybridized carbons (Fsp3) is 0.500. The Morgan fingerprint density at radius 2 is 1.09 bits per heavy atom. The zero-order chi connectivity index (χ0) is 38.4. The van der Waals surface area contributed by atoms with Gasteiger partial charge in [-0.3, -0.25) is 8.80 Å². The number of rotatable bonds is 6.